The van der Waals surface area contributed by atoms with Crippen LogP contribution in [-0.2, 0) is 0 Å². The minimum atomic E-state index is 0.659. The lowest BCUT2D eigenvalue weighted by Crippen LogP contribution is -2.39. The summed E-state index contributed by atoms with van der Waals surface area (Å²) in [6.07, 6.45) is 18.7. The number of rotatable bonds is 13. The second-order valence-corrected chi connectivity index (χ2v) is 6.10. The van der Waals surface area contributed by atoms with Crippen molar-refractivity contribution in [3.05, 3.63) is 0 Å². The van der Waals surface area contributed by atoms with Crippen LogP contribution in [0.15, 0.2) is 5.10 Å². The van der Waals surface area contributed by atoms with Gasteiger partial charge < -0.3 is 0 Å². The van der Waals surface area contributed by atoms with Crippen LogP contribution in [0, 0.1) is 0 Å². The van der Waals surface area contributed by atoms with Crippen molar-refractivity contribution in [3.8, 4) is 0 Å². The van der Waals surface area contributed by atoms with E-state index >= 15 is 0 Å². The fourth-order valence-corrected chi connectivity index (χ4v) is 2.96. The molecule has 0 aliphatic carbocycles. The number of hydrogen-bond donors (Lipinski definition) is 1. The smallest absolute Gasteiger partial charge is 0.0569 e. The first-order valence-corrected chi connectivity index (χ1v) is 8.92. The molecule has 0 aromatic heterocycles. The zero-order chi connectivity index (χ0) is 14.5. The SMILES string of the molecule is CCCCCCCCCCCCC(CC)N1CC=NN1. The Balaban J connectivity index is 1.86. The molecule has 0 amide bonds. The van der Waals surface area contributed by atoms with Crippen molar-refractivity contribution >= 4 is 6.21 Å². The van der Waals surface area contributed by atoms with E-state index in [1.807, 2.05) is 6.21 Å². The zero-order valence-electron chi connectivity index (χ0n) is 13.7. The van der Waals surface area contributed by atoms with Gasteiger partial charge in [0.15, 0.2) is 0 Å². The molecule has 0 aromatic carbocycles. The number of hydrazine groups is 1. The van der Waals surface area contributed by atoms with Gasteiger partial charge in [-0.05, 0) is 12.8 Å². The van der Waals surface area contributed by atoms with Crippen LogP contribution in [-0.4, -0.2) is 23.8 Å². The third kappa shape index (κ3) is 7.88. The number of unbranched alkanes of at least 4 members (excludes halogenated alkanes) is 9. The summed E-state index contributed by atoms with van der Waals surface area (Å²) in [5.41, 5.74) is 3.10. The van der Waals surface area contributed by atoms with Crippen LogP contribution < -0.4 is 5.53 Å². The van der Waals surface area contributed by atoms with Gasteiger partial charge in [-0.2, -0.15) is 10.1 Å². The standard InChI is InChI=1S/C17H35N3/c1-3-5-6-7-8-9-10-11-12-13-14-17(4-2)20-16-15-18-19-20/h15,17,19H,3-14,16H2,1-2H3. The van der Waals surface area contributed by atoms with E-state index in [4.69, 9.17) is 0 Å². The van der Waals surface area contributed by atoms with E-state index in [2.05, 4.69) is 29.5 Å². The van der Waals surface area contributed by atoms with E-state index in [0.717, 1.165) is 6.54 Å². The summed E-state index contributed by atoms with van der Waals surface area (Å²) in [5.74, 6) is 0. The van der Waals surface area contributed by atoms with Gasteiger partial charge in [-0.3, -0.25) is 0 Å². The van der Waals surface area contributed by atoms with E-state index in [1.165, 1.54) is 77.0 Å². The third-order valence-electron chi connectivity index (χ3n) is 4.36. The number of nitrogens with one attached hydrogen (secondary N) is 1. The Hall–Kier alpha value is -0.570. The average Bonchev–Trinajstić information content (AvgIpc) is 2.99. The van der Waals surface area contributed by atoms with Gasteiger partial charge in [0.05, 0.1) is 6.54 Å². The molecular formula is C17H35N3. The number of hydrazone groups is 1. The molecule has 0 radical (unpaired) electrons. The van der Waals surface area contributed by atoms with Gasteiger partial charge in [0.2, 0.25) is 0 Å². The Morgan fingerprint density at radius 3 is 2.05 bits per heavy atom. The number of nitrogens with zero attached hydrogens (tertiary/aromatic N) is 2. The molecule has 118 valence electrons. The molecule has 0 fully saturated rings. The maximum absolute atomic E-state index is 4.08. The van der Waals surface area contributed by atoms with Gasteiger partial charge in [-0.1, -0.05) is 78.1 Å². The molecule has 3 heteroatoms. The molecule has 3 nitrogen and oxygen atoms in total. The van der Waals surface area contributed by atoms with Crippen LogP contribution in [0.25, 0.3) is 0 Å². The maximum Gasteiger partial charge on any atom is 0.0569 e. The maximum atomic E-state index is 4.08. The molecule has 1 unspecified atom stereocenters. The predicted molar refractivity (Wildman–Crippen MR) is 88.9 cm³/mol. The summed E-state index contributed by atoms with van der Waals surface area (Å²) in [7, 11) is 0. The molecule has 0 saturated carbocycles. The highest BCUT2D eigenvalue weighted by Crippen LogP contribution is 2.15. The minimum absolute atomic E-state index is 0.659. The Morgan fingerprint density at radius 1 is 0.950 bits per heavy atom. The van der Waals surface area contributed by atoms with Crippen LogP contribution in [0.5, 0.6) is 0 Å². The second kappa shape index (κ2) is 12.2. The molecule has 0 bridgehead atoms. The van der Waals surface area contributed by atoms with Gasteiger partial charge in [0.25, 0.3) is 0 Å². The van der Waals surface area contributed by atoms with Gasteiger partial charge >= 0.3 is 0 Å². The van der Waals surface area contributed by atoms with Gasteiger partial charge in [-0.25, -0.2) is 5.53 Å². The highest BCUT2D eigenvalue weighted by atomic mass is 15.7. The molecule has 0 saturated heterocycles. The van der Waals surface area contributed by atoms with Crippen LogP contribution in [0.3, 0.4) is 0 Å². The highest BCUT2D eigenvalue weighted by molar-refractivity contribution is 5.60. The lowest BCUT2D eigenvalue weighted by molar-refractivity contribution is 0.151. The predicted octanol–water partition coefficient (Wildman–Crippen LogP) is 4.88. The second-order valence-electron chi connectivity index (χ2n) is 6.10. The molecule has 0 spiro atoms. The van der Waals surface area contributed by atoms with E-state index in [-0.39, 0.29) is 0 Å². The van der Waals surface area contributed by atoms with Crippen molar-refractivity contribution < 1.29 is 0 Å². The third-order valence-corrected chi connectivity index (χ3v) is 4.36. The summed E-state index contributed by atoms with van der Waals surface area (Å²) in [5, 5.41) is 6.36. The Labute approximate surface area is 126 Å². The Bertz CT molecular complexity index is 232. The normalized spacial score (nSPS) is 16.5. The van der Waals surface area contributed by atoms with Crippen molar-refractivity contribution in [2.24, 2.45) is 5.10 Å². The summed E-state index contributed by atoms with van der Waals surface area (Å²) in [6, 6.07) is 0.659. The monoisotopic (exact) mass is 281 g/mol. The quantitative estimate of drug-likeness (QED) is 0.487. The van der Waals surface area contributed by atoms with E-state index in [1.54, 1.807) is 0 Å². The largest absolute Gasteiger partial charge is 0.240 e. The van der Waals surface area contributed by atoms with E-state index in [0.29, 0.717) is 6.04 Å². The van der Waals surface area contributed by atoms with Gasteiger partial charge in [0.1, 0.15) is 0 Å². The molecule has 1 atom stereocenters. The van der Waals surface area contributed by atoms with Gasteiger partial charge in [0, 0.05) is 12.3 Å². The van der Waals surface area contributed by atoms with Crippen LogP contribution in [0.4, 0.5) is 0 Å². The van der Waals surface area contributed by atoms with Crippen LogP contribution in [0.2, 0.25) is 0 Å². The topological polar surface area (TPSA) is 27.6 Å². The van der Waals surface area contributed by atoms with Gasteiger partial charge in [-0.15, -0.1) is 0 Å². The van der Waals surface area contributed by atoms with Crippen molar-refractivity contribution in [2.45, 2.75) is 96.9 Å². The Morgan fingerprint density at radius 2 is 1.55 bits per heavy atom. The molecule has 1 N–H and O–H groups in total. The average molecular weight is 281 g/mol. The molecule has 0 aromatic rings. The molecular weight excluding hydrogens is 246 g/mol. The van der Waals surface area contributed by atoms with E-state index in [9.17, 15) is 0 Å². The summed E-state index contributed by atoms with van der Waals surface area (Å²) < 4.78 is 0. The van der Waals surface area contributed by atoms with Crippen molar-refractivity contribution in [2.75, 3.05) is 6.54 Å². The highest BCUT2D eigenvalue weighted by Gasteiger charge is 2.17. The molecule has 20 heavy (non-hydrogen) atoms. The lowest BCUT2D eigenvalue weighted by Gasteiger charge is -2.25. The van der Waals surface area contributed by atoms with Crippen LogP contribution >= 0.6 is 0 Å². The zero-order valence-corrected chi connectivity index (χ0v) is 13.7. The van der Waals surface area contributed by atoms with Crippen molar-refractivity contribution in [3.63, 3.8) is 0 Å². The van der Waals surface area contributed by atoms with Crippen molar-refractivity contribution in [1.82, 2.24) is 10.5 Å². The molecule has 1 heterocycles. The first-order valence-electron chi connectivity index (χ1n) is 8.92. The summed E-state index contributed by atoms with van der Waals surface area (Å²) in [4.78, 5) is 0. The number of hydrogen-bond acceptors (Lipinski definition) is 3. The fraction of sp³-hybridized carbons (Fsp3) is 0.941. The van der Waals surface area contributed by atoms with E-state index < -0.39 is 0 Å². The molecule has 1 aliphatic rings. The first-order chi connectivity index (χ1) is 9.88. The first kappa shape index (κ1) is 17.5. The summed E-state index contributed by atoms with van der Waals surface area (Å²) >= 11 is 0. The Kier molecular flexibility index (Phi) is 10.7. The molecule has 1 aliphatic heterocycles. The summed E-state index contributed by atoms with van der Waals surface area (Å²) in [6.45, 7) is 5.53. The fourth-order valence-electron chi connectivity index (χ4n) is 2.96. The van der Waals surface area contributed by atoms with Crippen molar-refractivity contribution in [1.29, 1.82) is 0 Å². The minimum Gasteiger partial charge on any atom is -0.240 e. The van der Waals surface area contributed by atoms with Crippen LogP contribution in [0.1, 0.15) is 90.9 Å². The lowest BCUT2D eigenvalue weighted by atomic mass is 10.0. The molecule has 1 rings (SSSR count).